The molecule has 0 amide bonds. The SMILES string of the molecule is CN1CCN(CCOc2cc(F)c(N)cc2F)CC1. The van der Waals surface area contributed by atoms with Crippen LogP contribution in [0.4, 0.5) is 14.5 Å². The molecule has 6 heteroatoms. The first kappa shape index (κ1) is 14.0. The highest BCUT2D eigenvalue weighted by atomic mass is 19.1. The van der Waals surface area contributed by atoms with Gasteiger partial charge in [-0.3, -0.25) is 4.90 Å². The molecular formula is C13H19F2N3O. The zero-order valence-electron chi connectivity index (χ0n) is 11.0. The van der Waals surface area contributed by atoms with Gasteiger partial charge in [-0.15, -0.1) is 0 Å². The summed E-state index contributed by atoms with van der Waals surface area (Å²) in [6.45, 7) is 5.02. The molecule has 0 saturated carbocycles. The van der Waals surface area contributed by atoms with Gasteiger partial charge in [-0.05, 0) is 7.05 Å². The molecule has 106 valence electrons. The molecule has 4 nitrogen and oxygen atoms in total. The van der Waals surface area contributed by atoms with Gasteiger partial charge < -0.3 is 15.4 Å². The molecule has 1 aromatic carbocycles. The lowest BCUT2D eigenvalue weighted by molar-refractivity contribution is 0.132. The Hall–Kier alpha value is -1.40. The minimum Gasteiger partial charge on any atom is -0.489 e. The van der Waals surface area contributed by atoms with E-state index in [9.17, 15) is 8.78 Å². The zero-order chi connectivity index (χ0) is 13.8. The van der Waals surface area contributed by atoms with Gasteiger partial charge in [0.15, 0.2) is 11.6 Å². The fraction of sp³-hybridized carbons (Fsp3) is 0.538. The Bertz CT molecular complexity index is 434. The monoisotopic (exact) mass is 271 g/mol. The molecule has 1 aliphatic rings. The quantitative estimate of drug-likeness (QED) is 0.835. The van der Waals surface area contributed by atoms with E-state index >= 15 is 0 Å². The molecule has 0 atom stereocenters. The Labute approximate surface area is 111 Å². The van der Waals surface area contributed by atoms with E-state index in [2.05, 4.69) is 16.8 Å². The van der Waals surface area contributed by atoms with Crippen LogP contribution in [0, 0.1) is 11.6 Å². The molecule has 19 heavy (non-hydrogen) atoms. The summed E-state index contributed by atoms with van der Waals surface area (Å²) >= 11 is 0. The Balaban J connectivity index is 1.81. The summed E-state index contributed by atoms with van der Waals surface area (Å²) in [6.07, 6.45) is 0. The van der Waals surface area contributed by atoms with Gasteiger partial charge in [0.2, 0.25) is 0 Å². The van der Waals surface area contributed by atoms with Crippen LogP contribution in [0.25, 0.3) is 0 Å². The van der Waals surface area contributed by atoms with Crippen molar-refractivity contribution in [2.24, 2.45) is 0 Å². The molecule has 1 saturated heterocycles. The van der Waals surface area contributed by atoms with E-state index in [1.807, 2.05) is 0 Å². The molecule has 0 aliphatic carbocycles. The molecule has 0 unspecified atom stereocenters. The summed E-state index contributed by atoms with van der Waals surface area (Å²) in [4.78, 5) is 4.50. The van der Waals surface area contributed by atoms with Gasteiger partial charge >= 0.3 is 0 Å². The number of benzene rings is 1. The topological polar surface area (TPSA) is 41.7 Å². The molecule has 1 heterocycles. The molecular weight excluding hydrogens is 252 g/mol. The van der Waals surface area contributed by atoms with Gasteiger partial charge in [0.25, 0.3) is 0 Å². The molecule has 2 N–H and O–H groups in total. The Morgan fingerprint density at radius 3 is 2.53 bits per heavy atom. The standard InChI is InChI=1S/C13H19F2N3O/c1-17-2-4-18(5-3-17)6-7-19-13-9-10(14)12(16)8-11(13)15/h8-9H,2-7,16H2,1H3. The van der Waals surface area contributed by atoms with Crippen molar-refractivity contribution in [2.45, 2.75) is 0 Å². The van der Waals surface area contributed by atoms with Crippen molar-refractivity contribution in [3.05, 3.63) is 23.8 Å². The number of ether oxygens (including phenoxy) is 1. The van der Waals surface area contributed by atoms with Crippen LogP contribution in [0.1, 0.15) is 0 Å². The van der Waals surface area contributed by atoms with Crippen molar-refractivity contribution in [1.29, 1.82) is 0 Å². The van der Waals surface area contributed by atoms with Gasteiger partial charge in [-0.25, -0.2) is 8.78 Å². The number of anilines is 1. The van der Waals surface area contributed by atoms with Gasteiger partial charge in [0.05, 0.1) is 5.69 Å². The van der Waals surface area contributed by atoms with E-state index in [1.165, 1.54) is 0 Å². The first-order chi connectivity index (χ1) is 9.06. The molecule has 0 bridgehead atoms. The molecule has 0 radical (unpaired) electrons. The number of nitrogens with zero attached hydrogens (tertiary/aromatic N) is 2. The second-order valence-electron chi connectivity index (χ2n) is 4.80. The second-order valence-corrected chi connectivity index (χ2v) is 4.80. The molecule has 0 aromatic heterocycles. The zero-order valence-corrected chi connectivity index (χ0v) is 11.0. The van der Waals surface area contributed by atoms with Crippen LogP contribution >= 0.6 is 0 Å². The summed E-state index contributed by atoms with van der Waals surface area (Å²) in [5, 5.41) is 0. The van der Waals surface area contributed by atoms with Gasteiger partial charge in [0, 0.05) is 44.9 Å². The van der Waals surface area contributed by atoms with Crippen molar-refractivity contribution in [3.63, 3.8) is 0 Å². The lowest BCUT2D eigenvalue weighted by Gasteiger charge is -2.32. The van der Waals surface area contributed by atoms with Crippen LogP contribution in [0.2, 0.25) is 0 Å². The third kappa shape index (κ3) is 3.78. The molecule has 1 aliphatic heterocycles. The molecule has 1 fully saturated rings. The highest BCUT2D eigenvalue weighted by Crippen LogP contribution is 2.22. The largest absolute Gasteiger partial charge is 0.489 e. The predicted molar refractivity (Wildman–Crippen MR) is 70.2 cm³/mol. The third-order valence-electron chi connectivity index (χ3n) is 3.31. The average molecular weight is 271 g/mol. The number of hydrogen-bond acceptors (Lipinski definition) is 4. The Morgan fingerprint density at radius 2 is 1.84 bits per heavy atom. The van der Waals surface area contributed by atoms with Gasteiger partial charge in [-0.1, -0.05) is 0 Å². The normalized spacial score (nSPS) is 17.6. The van der Waals surface area contributed by atoms with Crippen molar-refractivity contribution in [2.75, 3.05) is 52.1 Å². The molecule has 2 rings (SSSR count). The van der Waals surface area contributed by atoms with Crippen molar-refractivity contribution in [1.82, 2.24) is 9.80 Å². The highest BCUT2D eigenvalue weighted by Gasteiger charge is 2.14. The summed E-state index contributed by atoms with van der Waals surface area (Å²) in [5.41, 5.74) is 5.06. The van der Waals surface area contributed by atoms with Gasteiger partial charge in [-0.2, -0.15) is 0 Å². The van der Waals surface area contributed by atoms with Crippen LogP contribution in [-0.2, 0) is 0 Å². The fourth-order valence-electron chi connectivity index (χ4n) is 2.01. The number of hydrogen-bond donors (Lipinski definition) is 1. The second kappa shape index (κ2) is 6.16. The lowest BCUT2D eigenvalue weighted by Crippen LogP contribution is -2.45. The van der Waals surface area contributed by atoms with Crippen LogP contribution in [0.5, 0.6) is 5.75 Å². The predicted octanol–water partition coefficient (Wildman–Crippen LogP) is 1.17. The van der Waals surface area contributed by atoms with E-state index in [1.54, 1.807) is 0 Å². The Kier molecular flexibility index (Phi) is 4.55. The van der Waals surface area contributed by atoms with E-state index in [-0.39, 0.29) is 11.4 Å². The number of halogens is 2. The van der Waals surface area contributed by atoms with Crippen LogP contribution in [-0.4, -0.2) is 56.2 Å². The minimum atomic E-state index is -0.656. The van der Waals surface area contributed by atoms with Crippen LogP contribution < -0.4 is 10.5 Å². The van der Waals surface area contributed by atoms with E-state index in [4.69, 9.17) is 10.5 Å². The number of nitrogen functional groups attached to an aromatic ring is 1. The maximum absolute atomic E-state index is 13.5. The van der Waals surface area contributed by atoms with E-state index in [0.717, 1.165) is 38.3 Å². The number of nitrogens with two attached hydrogens (primary N) is 1. The first-order valence-corrected chi connectivity index (χ1v) is 6.34. The van der Waals surface area contributed by atoms with Crippen LogP contribution in [0.15, 0.2) is 12.1 Å². The summed E-state index contributed by atoms with van der Waals surface area (Å²) in [5.74, 6) is -1.37. The van der Waals surface area contributed by atoms with Crippen molar-refractivity contribution >= 4 is 5.69 Å². The summed E-state index contributed by atoms with van der Waals surface area (Å²) in [6, 6.07) is 1.94. The lowest BCUT2D eigenvalue weighted by atomic mass is 10.3. The summed E-state index contributed by atoms with van der Waals surface area (Å²) < 4.78 is 31.9. The van der Waals surface area contributed by atoms with Crippen LogP contribution in [0.3, 0.4) is 0 Å². The van der Waals surface area contributed by atoms with Crippen molar-refractivity contribution < 1.29 is 13.5 Å². The summed E-state index contributed by atoms with van der Waals surface area (Å²) in [7, 11) is 2.08. The third-order valence-corrected chi connectivity index (χ3v) is 3.31. The van der Waals surface area contributed by atoms with E-state index in [0.29, 0.717) is 13.2 Å². The number of likely N-dealkylation sites (N-methyl/N-ethyl adjacent to an activating group) is 1. The smallest absolute Gasteiger partial charge is 0.167 e. The number of rotatable bonds is 4. The first-order valence-electron chi connectivity index (χ1n) is 6.34. The van der Waals surface area contributed by atoms with E-state index < -0.39 is 11.6 Å². The average Bonchev–Trinajstić information content (AvgIpc) is 2.38. The molecule has 0 spiro atoms. The number of piperazine rings is 1. The maximum Gasteiger partial charge on any atom is 0.167 e. The maximum atomic E-state index is 13.5. The molecule has 1 aromatic rings. The highest BCUT2D eigenvalue weighted by molar-refractivity contribution is 5.44. The van der Waals surface area contributed by atoms with Gasteiger partial charge in [0.1, 0.15) is 12.4 Å². The fourth-order valence-corrected chi connectivity index (χ4v) is 2.01. The Morgan fingerprint density at radius 1 is 1.16 bits per heavy atom. The van der Waals surface area contributed by atoms with Crippen molar-refractivity contribution in [3.8, 4) is 5.75 Å². The minimum absolute atomic E-state index is 0.0826.